The van der Waals surface area contributed by atoms with Gasteiger partial charge >= 0.3 is 5.97 Å². The third-order valence-corrected chi connectivity index (χ3v) is 9.13. The van der Waals surface area contributed by atoms with Crippen LogP contribution in [0.2, 0.25) is 0 Å². The van der Waals surface area contributed by atoms with Crippen molar-refractivity contribution in [3.63, 3.8) is 0 Å². The topological polar surface area (TPSA) is 102 Å². The van der Waals surface area contributed by atoms with Gasteiger partial charge in [0.15, 0.2) is 0 Å². The minimum absolute atomic E-state index is 0.0526. The quantitative estimate of drug-likeness (QED) is 0.387. The first-order valence-electron chi connectivity index (χ1n) is 12.0. The minimum atomic E-state index is -4.13. The van der Waals surface area contributed by atoms with E-state index in [0.717, 1.165) is 45.1 Å². The standard InChI is InChI=1S/C27H30N2O6S2/c1-5-35-27(31)25-20-7-6-8-23(20)36-26(25)28-24(30)16-29(21-15-18(3)11-14-22(21)34-4)37(32,33)19-12-9-17(2)10-13-19/h9-15H,5-8,16H2,1-4H3,(H,28,30). The first-order chi connectivity index (χ1) is 17.6. The number of hydrogen-bond acceptors (Lipinski definition) is 7. The molecule has 1 heterocycles. The summed E-state index contributed by atoms with van der Waals surface area (Å²) in [6.45, 7) is 5.13. The molecule has 0 saturated carbocycles. The van der Waals surface area contributed by atoms with Crippen molar-refractivity contribution in [2.75, 3.05) is 29.9 Å². The van der Waals surface area contributed by atoms with E-state index in [2.05, 4.69) is 5.32 Å². The second-order valence-electron chi connectivity index (χ2n) is 8.83. The summed E-state index contributed by atoms with van der Waals surface area (Å²) in [7, 11) is -2.69. The van der Waals surface area contributed by atoms with Gasteiger partial charge in [0.1, 0.15) is 17.3 Å². The van der Waals surface area contributed by atoms with E-state index in [1.807, 2.05) is 13.8 Å². The Kier molecular flexibility index (Phi) is 7.89. The third kappa shape index (κ3) is 5.50. The van der Waals surface area contributed by atoms with Crippen LogP contribution >= 0.6 is 11.3 Å². The van der Waals surface area contributed by atoms with Crippen molar-refractivity contribution in [1.82, 2.24) is 0 Å². The largest absolute Gasteiger partial charge is 0.495 e. The molecule has 10 heteroatoms. The van der Waals surface area contributed by atoms with Crippen molar-refractivity contribution in [2.45, 2.75) is 44.9 Å². The molecular weight excluding hydrogens is 512 g/mol. The maximum absolute atomic E-state index is 13.8. The monoisotopic (exact) mass is 542 g/mol. The number of carbonyl (C=O) groups excluding carboxylic acids is 2. The minimum Gasteiger partial charge on any atom is -0.495 e. The Bertz CT molecular complexity index is 1430. The summed E-state index contributed by atoms with van der Waals surface area (Å²) in [4.78, 5) is 27.2. The van der Waals surface area contributed by atoms with Gasteiger partial charge in [0.05, 0.1) is 29.9 Å². The molecule has 0 atom stereocenters. The molecule has 0 fully saturated rings. The Morgan fingerprint density at radius 2 is 1.76 bits per heavy atom. The molecule has 3 aromatic rings. The molecule has 0 radical (unpaired) electrons. The van der Waals surface area contributed by atoms with E-state index >= 15 is 0 Å². The zero-order valence-corrected chi connectivity index (χ0v) is 22.9. The van der Waals surface area contributed by atoms with E-state index in [4.69, 9.17) is 9.47 Å². The predicted molar refractivity (Wildman–Crippen MR) is 144 cm³/mol. The molecule has 2 aromatic carbocycles. The molecule has 1 amide bonds. The molecule has 0 aliphatic heterocycles. The van der Waals surface area contributed by atoms with Crippen molar-refractivity contribution in [3.8, 4) is 5.75 Å². The number of nitrogens with zero attached hydrogens (tertiary/aromatic N) is 1. The highest BCUT2D eigenvalue weighted by molar-refractivity contribution is 7.92. The number of hydrogen-bond donors (Lipinski definition) is 1. The second kappa shape index (κ2) is 10.9. The summed E-state index contributed by atoms with van der Waals surface area (Å²) in [5.74, 6) is -0.747. The number of carbonyl (C=O) groups is 2. The van der Waals surface area contributed by atoms with Crippen LogP contribution in [0, 0.1) is 13.8 Å². The molecule has 0 saturated heterocycles. The predicted octanol–water partition coefficient (Wildman–Crippen LogP) is 4.87. The molecule has 0 bridgehead atoms. The molecule has 0 spiro atoms. The summed E-state index contributed by atoms with van der Waals surface area (Å²) in [6.07, 6.45) is 2.51. The Labute approximate surface area is 221 Å². The number of ether oxygens (including phenoxy) is 2. The number of amides is 1. The molecular formula is C27H30N2O6S2. The van der Waals surface area contributed by atoms with Gasteiger partial charge in [-0.15, -0.1) is 11.3 Å². The van der Waals surface area contributed by atoms with Crippen LogP contribution in [0.3, 0.4) is 0 Å². The number of thiophene rings is 1. The van der Waals surface area contributed by atoms with Gasteiger partial charge in [0.25, 0.3) is 10.0 Å². The van der Waals surface area contributed by atoms with Gasteiger partial charge in [-0.2, -0.15) is 0 Å². The van der Waals surface area contributed by atoms with Crippen LogP contribution < -0.4 is 14.4 Å². The summed E-state index contributed by atoms with van der Waals surface area (Å²) in [5, 5.41) is 3.18. The van der Waals surface area contributed by atoms with Gasteiger partial charge in [-0.25, -0.2) is 13.2 Å². The Morgan fingerprint density at radius 3 is 2.43 bits per heavy atom. The van der Waals surface area contributed by atoms with E-state index in [9.17, 15) is 18.0 Å². The summed E-state index contributed by atoms with van der Waals surface area (Å²) in [5.41, 5.74) is 3.24. The van der Waals surface area contributed by atoms with Crippen molar-refractivity contribution < 1.29 is 27.5 Å². The Morgan fingerprint density at radius 1 is 1.05 bits per heavy atom. The molecule has 1 aromatic heterocycles. The lowest BCUT2D eigenvalue weighted by Crippen LogP contribution is -2.38. The molecule has 8 nitrogen and oxygen atoms in total. The van der Waals surface area contributed by atoms with E-state index in [0.29, 0.717) is 16.3 Å². The summed E-state index contributed by atoms with van der Waals surface area (Å²) >= 11 is 1.34. The smallest absolute Gasteiger partial charge is 0.341 e. The molecule has 37 heavy (non-hydrogen) atoms. The maximum atomic E-state index is 13.8. The van der Waals surface area contributed by atoms with Gasteiger partial charge in [-0.3, -0.25) is 9.10 Å². The highest BCUT2D eigenvalue weighted by Gasteiger charge is 2.32. The number of rotatable bonds is 9. The van der Waals surface area contributed by atoms with Crippen LogP contribution in [0.25, 0.3) is 0 Å². The SMILES string of the molecule is CCOC(=O)c1c(NC(=O)CN(c2cc(C)ccc2OC)S(=O)(=O)c2ccc(C)cc2)sc2c1CCC2. The van der Waals surface area contributed by atoms with Gasteiger partial charge in [0.2, 0.25) is 5.91 Å². The van der Waals surface area contributed by atoms with Crippen molar-refractivity contribution in [2.24, 2.45) is 0 Å². The van der Waals surface area contributed by atoms with Gasteiger partial charge in [-0.1, -0.05) is 23.8 Å². The molecule has 4 rings (SSSR count). The lowest BCUT2D eigenvalue weighted by Gasteiger charge is -2.26. The third-order valence-electron chi connectivity index (χ3n) is 6.15. The number of anilines is 2. The lowest BCUT2D eigenvalue weighted by molar-refractivity contribution is -0.114. The first kappa shape index (κ1) is 26.7. The van der Waals surface area contributed by atoms with Crippen molar-refractivity contribution in [3.05, 3.63) is 69.6 Å². The van der Waals surface area contributed by atoms with Gasteiger partial charge < -0.3 is 14.8 Å². The Balaban J connectivity index is 1.72. The summed E-state index contributed by atoms with van der Waals surface area (Å²) in [6, 6.07) is 11.6. The van der Waals surface area contributed by atoms with E-state index in [1.165, 1.54) is 30.6 Å². The van der Waals surface area contributed by atoms with E-state index in [1.54, 1.807) is 37.3 Å². The van der Waals surface area contributed by atoms with E-state index in [-0.39, 0.29) is 17.2 Å². The van der Waals surface area contributed by atoms with Crippen molar-refractivity contribution >= 4 is 43.9 Å². The van der Waals surface area contributed by atoms with Crippen molar-refractivity contribution in [1.29, 1.82) is 0 Å². The van der Waals surface area contributed by atoms with Crippen LogP contribution in [0.15, 0.2) is 47.4 Å². The van der Waals surface area contributed by atoms with Gasteiger partial charge in [0, 0.05) is 4.88 Å². The number of esters is 1. The highest BCUT2D eigenvalue weighted by Crippen LogP contribution is 2.40. The van der Waals surface area contributed by atoms with E-state index < -0.39 is 28.4 Å². The number of methoxy groups -OCH3 is 1. The highest BCUT2D eigenvalue weighted by atomic mass is 32.2. The number of sulfonamides is 1. The maximum Gasteiger partial charge on any atom is 0.341 e. The summed E-state index contributed by atoms with van der Waals surface area (Å²) < 4.78 is 39.4. The average molecular weight is 543 g/mol. The average Bonchev–Trinajstić information content (AvgIpc) is 3.43. The number of fused-ring (bicyclic) bond motifs is 1. The first-order valence-corrected chi connectivity index (χ1v) is 14.3. The second-order valence-corrected chi connectivity index (χ2v) is 11.8. The zero-order valence-electron chi connectivity index (χ0n) is 21.3. The molecule has 0 unspecified atom stereocenters. The number of aryl methyl sites for hydroxylation is 3. The fourth-order valence-electron chi connectivity index (χ4n) is 4.34. The number of benzene rings is 2. The molecule has 1 N–H and O–H groups in total. The van der Waals surface area contributed by atoms with Crippen LogP contribution in [0.4, 0.5) is 10.7 Å². The zero-order chi connectivity index (χ0) is 26.7. The van der Waals surface area contributed by atoms with Crippen LogP contribution in [-0.4, -0.2) is 40.6 Å². The molecule has 1 aliphatic rings. The normalized spacial score (nSPS) is 12.6. The molecule has 1 aliphatic carbocycles. The van der Waals surface area contributed by atoms with Crippen LogP contribution in [-0.2, 0) is 32.4 Å². The molecule has 196 valence electrons. The number of nitrogens with one attached hydrogen (secondary N) is 1. The van der Waals surface area contributed by atoms with Gasteiger partial charge in [-0.05, 0) is 75.4 Å². The lowest BCUT2D eigenvalue weighted by atomic mass is 10.1. The van der Waals surface area contributed by atoms with Crippen LogP contribution in [0.1, 0.15) is 45.3 Å². The fourth-order valence-corrected chi connectivity index (χ4v) is 7.06. The van der Waals surface area contributed by atoms with Crippen LogP contribution in [0.5, 0.6) is 5.75 Å². The fraction of sp³-hybridized carbons (Fsp3) is 0.333. The Hall–Kier alpha value is -3.37.